The predicted molar refractivity (Wildman–Crippen MR) is 96.9 cm³/mol. The largest absolute Gasteiger partial charge is 0.316 e. The number of hydrogen-bond acceptors (Lipinski definition) is 2. The molecule has 124 valence electrons. The van der Waals surface area contributed by atoms with E-state index in [0.717, 1.165) is 24.6 Å². The zero-order chi connectivity index (χ0) is 15.9. The van der Waals surface area contributed by atoms with E-state index >= 15 is 0 Å². The Morgan fingerprint density at radius 2 is 1.81 bits per heavy atom. The fourth-order valence-electron chi connectivity index (χ4n) is 2.42. The Morgan fingerprint density at radius 3 is 2.43 bits per heavy atom. The van der Waals surface area contributed by atoms with Crippen LogP contribution < -0.4 is 5.32 Å². The molecular formula is C19H38N2. The van der Waals surface area contributed by atoms with Gasteiger partial charge in [-0.2, -0.15) is 0 Å². The van der Waals surface area contributed by atoms with Crippen LogP contribution in [0.3, 0.4) is 0 Å². The Morgan fingerprint density at radius 1 is 1.14 bits per heavy atom. The topological polar surface area (TPSA) is 15.3 Å². The van der Waals surface area contributed by atoms with Crippen molar-refractivity contribution in [3.8, 4) is 0 Å². The average Bonchev–Trinajstić information content (AvgIpc) is 2.48. The first kappa shape index (κ1) is 20.4. The van der Waals surface area contributed by atoms with E-state index in [1.165, 1.54) is 58.2 Å². The summed E-state index contributed by atoms with van der Waals surface area (Å²) >= 11 is 0. The number of nitrogens with zero attached hydrogens (tertiary/aromatic N) is 1. The molecule has 0 spiro atoms. The highest BCUT2D eigenvalue weighted by Crippen LogP contribution is 2.08. The van der Waals surface area contributed by atoms with Gasteiger partial charge >= 0.3 is 0 Å². The number of rotatable bonds is 15. The van der Waals surface area contributed by atoms with Crippen LogP contribution in [-0.2, 0) is 0 Å². The molecule has 0 aliphatic rings. The highest BCUT2D eigenvalue weighted by atomic mass is 15.1. The molecule has 1 unspecified atom stereocenters. The van der Waals surface area contributed by atoms with Crippen molar-refractivity contribution in [2.75, 3.05) is 32.7 Å². The number of unbranched alkanes of at least 4 members (excludes halogenated alkanes) is 2. The van der Waals surface area contributed by atoms with Crippen molar-refractivity contribution >= 4 is 0 Å². The van der Waals surface area contributed by atoms with E-state index in [1.54, 1.807) is 0 Å². The maximum Gasteiger partial charge on any atom is 0.0227 e. The molecule has 1 N–H and O–H groups in total. The molecule has 21 heavy (non-hydrogen) atoms. The first-order valence-corrected chi connectivity index (χ1v) is 8.87. The molecule has 0 aromatic rings. The summed E-state index contributed by atoms with van der Waals surface area (Å²) in [6, 6.07) is 0. The lowest BCUT2D eigenvalue weighted by atomic mass is 10.1. The summed E-state index contributed by atoms with van der Waals surface area (Å²) < 4.78 is 0. The van der Waals surface area contributed by atoms with Crippen LogP contribution in [0.1, 0.15) is 59.3 Å². The van der Waals surface area contributed by atoms with Crippen LogP contribution in [0, 0.1) is 5.92 Å². The fraction of sp³-hybridized carbons (Fsp3) is 0.789. The molecule has 0 aliphatic heterocycles. The van der Waals surface area contributed by atoms with E-state index in [1.807, 2.05) is 6.08 Å². The minimum Gasteiger partial charge on any atom is -0.316 e. The van der Waals surface area contributed by atoms with Crippen molar-refractivity contribution in [1.29, 1.82) is 0 Å². The quantitative estimate of drug-likeness (QED) is 0.350. The summed E-state index contributed by atoms with van der Waals surface area (Å²) in [6.07, 6.45) is 9.59. The van der Waals surface area contributed by atoms with Crippen molar-refractivity contribution in [2.24, 2.45) is 5.92 Å². The van der Waals surface area contributed by atoms with Crippen molar-refractivity contribution < 1.29 is 0 Å². The molecule has 0 fully saturated rings. The summed E-state index contributed by atoms with van der Waals surface area (Å²) in [5.41, 5.74) is 1.14. The Hall–Kier alpha value is -0.600. The Kier molecular flexibility index (Phi) is 13.9. The molecule has 0 heterocycles. The highest BCUT2D eigenvalue weighted by molar-refractivity contribution is 5.12. The zero-order valence-electron chi connectivity index (χ0n) is 14.8. The Labute approximate surface area is 133 Å². The van der Waals surface area contributed by atoms with Gasteiger partial charge in [0.05, 0.1) is 0 Å². The third-order valence-electron chi connectivity index (χ3n) is 3.91. The van der Waals surface area contributed by atoms with Crippen LogP contribution in [0.2, 0.25) is 0 Å². The molecule has 0 aromatic carbocycles. The van der Waals surface area contributed by atoms with Crippen LogP contribution in [0.15, 0.2) is 24.8 Å². The van der Waals surface area contributed by atoms with Gasteiger partial charge in [-0.1, -0.05) is 52.8 Å². The third-order valence-corrected chi connectivity index (χ3v) is 3.91. The van der Waals surface area contributed by atoms with Gasteiger partial charge in [0, 0.05) is 6.54 Å². The summed E-state index contributed by atoms with van der Waals surface area (Å²) in [7, 11) is 0. The first-order valence-electron chi connectivity index (χ1n) is 8.87. The lowest BCUT2D eigenvalue weighted by molar-refractivity contribution is 0.278. The molecule has 2 nitrogen and oxygen atoms in total. The fourth-order valence-corrected chi connectivity index (χ4v) is 2.42. The van der Waals surface area contributed by atoms with Crippen LogP contribution >= 0.6 is 0 Å². The average molecular weight is 295 g/mol. The molecular weight excluding hydrogens is 256 g/mol. The maximum atomic E-state index is 4.05. The summed E-state index contributed by atoms with van der Waals surface area (Å²) in [4.78, 5) is 2.53. The maximum absolute atomic E-state index is 4.05. The predicted octanol–water partition coefficient (Wildman–Crippen LogP) is 4.64. The van der Waals surface area contributed by atoms with Crippen LogP contribution in [0.25, 0.3) is 0 Å². The molecule has 0 aliphatic carbocycles. The number of nitrogens with one attached hydrogen (secondary N) is 1. The third kappa shape index (κ3) is 12.8. The molecule has 1 atom stereocenters. The van der Waals surface area contributed by atoms with E-state index in [0.29, 0.717) is 0 Å². The van der Waals surface area contributed by atoms with E-state index in [2.05, 4.69) is 44.1 Å². The Balaban J connectivity index is 3.83. The van der Waals surface area contributed by atoms with Gasteiger partial charge in [0.1, 0.15) is 0 Å². The van der Waals surface area contributed by atoms with Gasteiger partial charge in [-0.25, -0.2) is 0 Å². The first-order chi connectivity index (χ1) is 10.1. The van der Waals surface area contributed by atoms with Gasteiger partial charge in [0.2, 0.25) is 0 Å². The van der Waals surface area contributed by atoms with E-state index < -0.39 is 0 Å². The van der Waals surface area contributed by atoms with Gasteiger partial charge in [-0.15, -0.1) is 0 Å². The van der Waals surface area contributed by atoms with E-state index in [9.17, 15) is 0 Å². The Bertz CT molecular complexity index is 260. The lowest BCUT2D eigenvalue weighted by Gasteiger charge is -2.23. The van der Waals surface area contributed by atoms with Gasteiger partial charge in [0.15, 0.2) is 0 Å². The van der Waals surface area contributed by atoms with Crippen LogP contribution in [0.4, 0.5) is 0 Å². The second kappa shape index (κ2) is 14.3. The molecule has 0 rings (SSSR count). The summed E-state index contributed by atoms with van der Waals surface area (Å²) in [5.74, 6) is 0.775. The minimum atomic E-state index is 0.775. The molecule has 0 radical (unpaired) electrons. The van der Waals surface area contributed by atoms with Gasteiger partial charge in [-0.3, -0.25) is 4.90 Å². The minimum absolute atomic E-state index is 0.775. The SMILES string of the molecule is C=CC(=C)CN(CCCC)CCCC(C)CNCCCC. The summed E-state index contributed by atoms with van der Waals surface area (Å²) in [6.45, 7) is 20.4. The molecule has 0 aromatic heterocycles. The zero-order valence-corrected chi connectivity index (χ0v) is 14.8. The van der Waals surface area contributed by atoms with Crippen molar-refractivity contribution in [3.05, 3.63) is 24.8 Å². The van der Waals surface area contributed by atoms with Crippen molar-refractivity contribution in [1.82, 2.24) is 10.2 Å². The summed E-state index contributed by atoms with van der Waals surface area (Å²) in [5, 5.41) is 3.56. The molecule has 0 bridgehead atoms. The standard InChI is InChI=1S/C19H38N2/c1-6-9-13-20-16-19(5)12-11-15-21(14-10-7-2)17-18(4)8-3/h8,19-20H,3-4,6-7,9-17H2,1-2,5H3. The molecule has 0 saturated carbocycles. The lowest BCUT2D eigenvalue weighted by Crippen LogP contribution is -2.29. The van der Waals surface area contributed by atoms with Crippen molar-refractivity contribution in [3.63, 3.8) is 0 Å². The highest BCUT2D eigenvalue weighted by Gasteiger charge is 2.07. The van der Waals surface area contributed by atoms with Crippen molar-refractivity contribution in [2.45, 2.75) is 59.3 Å². The molecule has 0 saturated heterocycles. The van der Waals surface area contributed by atoms with Crippen LogP contribution in [-0.4, -0.2) is 37.6 Å². The van der Waals surface area contributed by atoms with E-state index in [-0.39, 0.29) is 0 Å². The molecule has 0 amide bonds. The van der Waals surface area contributed by atoms with Crippen LogP contribution in [0.5, 0.6) is 0 Å². The second-order valence-electron chi connectivity index (χ2n) is 6.30. The van der Waals surface area contributed by atoms with Gasteiger partial charge in [-0.05, 0) is 63.4 Å². The van der Waals surface area contributed by atoms with Gasteiger partial charge in [0.25, 0.3) is 0 Å². The normalized spacial score (nSPS) is 12.6. The molecule has 2 heteroatoms. The second-order valence-corrected chi connectivity index (χ2v) is 6.30. The smallest absolute Gasteiger partial charge is 0.0227 e. The van der Waals surface area contributed by atoms with Gasteiger partial charge < -0.3 is 5.32 Å². The van der Waals surface area contributed by atoms with E-state index in [4.69, 9.17) is 0 Å². The number of hydrogen-bond donors (Lipinski definition) is 1. The monoisotopic (exact) mass is 294 g/mol.